The number of allylic oxidation sites excluding steroid dienone is 1. The molecule has 1 saturated carbocycles. The van der Waals surface area contributed by atoms with E-state index in [9.17, 15) is 15.0 Å². The highest BCUT2D eigenvalue weighted by atomic mass is 16.7. The van der Waals surface area contributed by atoms with Gasteiger partial charge in [0, 0.05) is 18.8 Å². The van der Waals surface area contributed by atoms with Gasteiger partial charge in [-0.1, -0.05) is 52.2 Å². The van der Waals surface area contributed by atoms with Crippen molar-refractivity contribution in [1.29, 1.82) is 0 Å². The van der Waals surface area contributed by atoms with E-state index in [1.54, 1.807) is 0 Å². The number of ether oxygens (including phenoxy) is 2. The number of hydrogen-bond acceptors (Lipinski definition) is 5. The van der Waals surface area contributed by atoms with E-state index in [0.717, 1.165) is 31.3 Å². The largest absolute Gasteiger partial charge is 0.457 e. The van der Waals surface area contributed by atoms with Crippen LogP contribution in [-0.2, 0) is 14.3 Å². The Bertz CT molecular complexity index is 641. The Kier molecular flexibility index (Phi) is 6.38. The minimum absolute atomic E-state index is 0.106. The molecule has 2 fully saturated rings. The van der Waals surface area contributed by atoms with Crippen molar-refractivity contribution in [2.24, 2.45) is 17.8 Å². The Morgan fingerprint density at radius 3 is 2.75 bits per heavy atom. The van der Waals surface area contributed by atoms with Crippen LogP contribution >= 0.6 is 0 Å². The number of carbonyl (C=O) groups is 1. The Labute approximate surface area is 168 Å². The molecule has 0 aromatic heterocycles. The first-order valence-corrected chi connectivity index (χ1v) is 10.9. The average molecular weight is 393 g/mol. The van der Waals surface area contributed by atoms with Crippen molar-refractivity contribution < 1.29 is 24.5 Å². The van der Waals surface area contributed by atoms with Crippen molar-refractivity contribution in [1.82, 2.24) is 0 Å². The molecule has 158 valence electrons. The topological polar surface area (TPSA) is 76.0 Å². The Hall–Kier alpha value is -1.17. The highest BCUT2D eigenvalue weighted by Gasteiger charge is 2.69. The van der Waals surface area contributed by atoms with Crippen molar-refractivity contribution in [3.8, 4) is 0 Å². The van der Waals surface area contributed by atoms with Gasteiger partial charge >= 0.3 is 5.97 Å². The maximum Gasteiger partial charge on any atom is 0.306 e. The van der Waals surface area contributed by atoms with Crippen LogP contribution in [0.2, 0.25) is 0 Å². The minimum Gasteiger partial charge on any atom is -0.457 e. The van der Waals surface area contributed by atoms with Gasteiger partial charge in [-0.3, -0.25) is 4.79 Å². The SMILES string of the molecule is C=C1CO[C@]2(O)C[C@H](C)C3CC=C(C)[C@@H](OC(=O)CCCCCCC)[C@@H]3[C@]12O. The van der Waals surface area contributed by atoms with Crippen LogP contribution in [0.25, 0.3) is 0 Å². The van der Waals surface area contributed by atoms with Crippen molar-refractivity contribution in [3.63, 3.8) is 0 Å². The summed E-state index contributed by atoms with van der Waals surface area (Å²) in [6, 6.07) is 0. The molecule has 1 heterocycles. The number of fused-ring (bicyclic) bond motifs is 3. The summed E-state index contributed by atoms with van der Waals surface area (Å²) in [6.45, 7) is 10.3. The molecule has 1 unspecified atom stereocenters. The maximum atomic E-state index is 12.6. The fourth-order valence-corrected chi connectivity index (χ4v) is 5.45. The van der Waals surface area contributed by atoms with E-state index in [-0.39, 0.29) is 24.4 Å². The molecule has 1 aliphatic heterocycles. The third kappa shape index (κ3) is 3.57. The predicted octanol–water partition coefficient (Wildman–Crippen LogP) is 3.89. The average Bonchev–Trinajstić information content (AvgIpc) is 2.88. The number of unbranched alkanes of at least 4 members (excludes halogenated alkanes) is 4. The summed E-state index contributed by atoms with van der Waals surface area (Å²) in [4.78, 5) is 12.6. The summed E-state index contributed by atoms with van der Waals surface area (Å²) in [5, 5.41) is 22.8. The third-order valence-corrected chi connectivity index (χ3v) is 7.12. The molecule has 0 amide bonds. The standard InChI is InChI=1S/C23H36O5/c1-5-6-7-8-9-10-19(24)28-21-15(2)11-12-18-16(3)13-22(25)23(26,20(18)21)17(4)14-27-22/h11,16,18,20-21,25-26H,4-10,12-14H2,1-3H3/t16-,18?,20+,21+,22+,23+/m0/s1. The molecule has 0 aromatic rings. The summed E-state index contributed by atoms with van der Waals surface area (Å²) in [7, 11) is 0. The first-order chi connectivity index (χ1) is 13.2. The molecule has 5 nitrogen and oxygen atoms in total. The van der Waals surface area contributed by atoms with Gasteiger partial charge in [0.25, 0.3) is 0 Å². The molecule has 0 bridgehead atoms. The van der Waals surface area contributed by atoms with E-state index in [1.165, 1.54) is 12.8 Å². The normalized spacial score (nSPS) is 39.9. The first kappa shape index (κ1) is 21.5. The van der Waals surface area contributed by atoms with E-state index >= 15 is 0 Å². The van der Waals surface area contributed by atoms with Crippen LogP contribution in [0.4, 0.5) is 0 Å². The number of hydrogen-bond donors (Lipinski definition) is 2. The van der Waals surface area contributed by atoms with Crippen LogP contribution in [0, 0.1) is 17.8 Å². The second kappa shape index (κ2) is 8.29. The molecule has 6 atom stereocenters. The molecular formula is C23H36O5. The number of esters is 1. The summed E-state index contributed by atoms with van der Waals surface area (Å²) >= 11 is 0. The molecule has 2 aliphatic carbocycles. The molecule has 5 heteroatoms. The lowest BCUT2D eigenvalue weighted by Gasteiger charge is -2.55. The zero-order valence-corrected chi connectivity index (χ0v) is 17.6. The number of rotatable bonds is 7. The van der Waals surface area contributed by atoms with E-state index in [0.29, 0.717) is 18.4 Å². The first-order valence-electron chi connectivity index (χ1n) is 10.9. The van der Waals surface area contributed by atoms with Crippen LogP contribution in [0.5, 0.6) is 0 Å². The Balaban J connectivity index is 1.78. The lowest BCUT2D eigenvalue weighted by molar-refractivity contribution is -0.307. The summed E-state index contributed by atoms with van der Waals surface area (Å²) in [6.07, 6.45) is 8.45. The van der Waals surface area contributed by atoms with Crippen molar-refractivity contribution in [3.05, 3.63) is 23.8 Å². The highest BCUT2D eigenvalue weighted by molar-refractivity contribution is 5.70. The van der Waals surface area contributed by atoms with Crippen LogP contribution < -0.4 is 0 Å². The van der Waals surface area contributed by atoms with E-state index < -0.39 is 23.4 Å². The van der Waals surface area contributed by atoms with Gasteiger partial charge < -0.3 is 19.7 Å². The third-order valence-electron chi connectivity index (χ3n) is 7.12. The van der Waals surface area contributed by atoms with Gasteiger partial charge in [0.1, 0.15) is 11.7 Å². The summed E-state index contributed by atoms with van der Waals surface area (Å²) < 4.78 is 11.5. The van der Waals surface area contributed by atoms with E-state index in [2.05, 4.69) is 26.5 Å². The zero-order valence-electron chi connectivity index (χ0n) is 17.6. The number of aliphatic hydroxyl groups is 2. The molecule has 28 heavy (non-hydrogen) atoms. The predicted molar refractivity (Wildman–Crippen MR) is 107 cm³/mol. The van der Waals surface area contributed by atoms with Crippen LogP contribution in [-0.4, -0.2) is 40.3 Å². The van der Waals surface area contributed by atoms with Gasteiger partial charge in [0.15, 0.2) is 5.79 Å². The van der Waals surface area contributed by atoms with Gasteiger partial charge in [-0.15, -0.1) is 0 Å². The summed E-state index contributed by atoms with van der Waals surface area (Å²) in [5.41, 5.74) is -0.177. The van der Waals surface area contributed by atoms with Gasteiger partial charge in [0.05, 0.1) is 6.61 Å². The fraction of sp³-hybridized carbons (Fsp3) is 0.783. The maximum absolute atomic E-state index is 12.6. The minimum atomic E-state index is -1.66. The molecule has 0 spiro atoms. The lowest BCUT2D eigenvalue weighted by Crippen LogP contribution is -2.67. The van der Waals surface area contributed by atoms with Gasteiger partial charge in [-0.2, -0.15) is 0 Å². The zero-order chi connectivity index (χ0) is 20.5. The van der Waals surface area contributed by atoms with Crippen molar-refractivity contribution in [2.75, 3.05) is 6.61 Å². The highest BCUT2D eigenvalue weighted by Crippen LogP contribution is 2.58. The van der Waals surface area contributed by atoms with E-state index in [4.69, 9.17) is 9.47 Å². The molecule has 3 aliphatic rings. The smallest absolute Gasteiger partial charge is 0.306 e. The van der Waals surface area contributed by atoms with Crippen LogP contribution in [0.15, 0.2) is 23.8 Å². The van der Waals surface area contributed by atoms with Crippen molar-refractivity contribution >= 4 is 5.97 Å². The van der Waals surface area contributed by atoms with Crippen molar-refractivity contribution in [2.45, 2.75) is 89.6 Å². The summed E-state index contributed by atoms with van der Waals surface area (Å²) in [5.74, 6) is -2.08. The molecule has 3 rings (SSSR count). The Morgan fingerprint density at radius 2 is 2.04 bits per heavy atom. The second-order valence-electron chi connectivity index (χ2n) is 9.07. The second-order valence-corrected chi connectivity index (χ2v) is 9.07. The van der Waals surface area contributed by atoms with Gasteiger partial charge in [-0.05, 0) is 42.7 Å². The van der Waals surface area contributed by atoms with Crippen LogP contribution in [0.3, 0.4) is 0 Å². The Morgan fingerprint density at radius 1 is 1.32 bits per heavy atom. The van der Waals surface area contributed by atoms with Gasteiger partial charge in [-0.25, -0.2) is 0 Å². The molecule has 0 aromatic carbocycles. The molecule has 2 N–H and O–H groups in total. The van der Waals surface area contributed by atoms with Gasteiger partial charge in [0.2, 0.25) is 0 Å². The fourth-order valence-electron chi connectivity index (χ4n) is 5.45. The quantitative estimate of drug-likeness (QED) is 0.391. The monoisotopic (exact) mass is 392 g/mol. The molecule has 1 saturated heterocycles. The van der Waals surface area contributed by atoms with Crippen LogP contribution in [0.1, 0.15) is 72.1 Å². The van der Waals surface area contributed by atoms with E-state index in [1.807, 2.05) is 6.92 Å². The molecule has 0 radical (unpaired) electrons. The lowest BCUT2D eigenvalue weighted by atomic mass is 9.55. The molecular weight excluding hydrogens is 356 g/mol. The number of carbonyl (C=O) groups excluding carboxylic acids is 1.